The van der Waals surface area contributed by atoms with Gasteiger partial charge in [-0.1, -0.05) is 6.92 Å². The molecule has 0 saturated carbocycles. The third-order valence-electron chi connectivity index (χ3n) is 3.08. The van der Waals surface area contributed by atoms with Crippen LogP contribution in [-0.2, 0) is 4.74 Å². The van der Waals surface area contributed by atoms with Gasteiger partial charge in [-0.25, -0.2) is 4.79 Å². The highest BCUT2D eigenvalue weighted by Gasteiger charge is 2.27. The molecule has 1 saturated heterocycles. The highest BCUT2D eigenvalue weighted by Crippen LogP contribution is 2.19. The van der Waals surface area contributed by atoms with Gasteiger partial charge in [0.05, 0.1) is 0 Å². The maximum absolute atomic E-state index is 12.0. The van der Waals surface area contributed by atoms with Crippen LogP contribution in [0.2, 0.25) is 0 Å². The van der Waals surface area contributed by atoms with Crippen LogP contribution in [0.4, 0.5) is 4.79 Å². The van der Waals surface area contributed by atoms with Crippen molar-refractivity contribution in [3.8, 4) is 0 Å². The van der Waals surface area contributed by atoms with E-state index in [1.165, 1.54) is 0 Å². The maximum atomic E-state index is 12.0. The number of nitrogens with one attached hydrogen (secondary N) is 1. The number of likely N-dealkylation sites (tertiary alicyclic amines) is 1. The van der Waals surface area contributed by atoms with Gasteiger partial charge in [0.2, 0.25) is 0 Å². The molecule has 1 rings (SSSR count). The van der Waals surface area contributed by atoms with Crippen LogP contribution < -0.4 is 5.32 Å². The summed E-state index contributed by atoms with van der Waals surface area (Å²) in [6, 6.07) is 0.375. The lowest BCUT2D eigenvalue weighted by Gasteiger charge is -2.28. The van der Waals surface area contributed by atoms with E-state index in [2.05, 4.69) is 12.2 Å². The molecule has 2 atom stereocenters. The Hall–Kier alpha value is -0.770. The van der Waals surface area contributed by atoms with Gasteiger partial charge in [-0.3, -0.25) is 0 Å². The normalized spacial score (nSPS) is 26.5. The van der Waals surface area contributed by atoms with Crippen molar-refractivity contribution in [1.82, 2.24) is 10.2 Å². The maximum Gasteiger partial charge on any atom is 0.410 e. The summed E-state index contributed by atoms with van der Waals surface area (Å²) in [5.41, 5.74) is -0.413. The van der Waals surface area contributed by atoms with Gasteiger partial charge >= 0.3 is 6.09 Å². The Kier molecular flexibility index (Phi) is 4.80. The van der Waals surface area contributed by atoms with Crippen LogP contribution in [0.3, 0.4) is 0 Å². The summed E-state index contributed by atoms with van der Waals surface area (Å²) >= 11 is 0. The molecule has 1 amide bonds. The van der Waals surface area contributed by atoms with Crippen molar-refractivity contribution in [2.75, 3.05) is 20.1 Å². The molecular weight excluding hydrogens is 216 g/mol. The van der Waals surface area contributed by atoms with Crippen LogP contribution in [0.25, 0.3) is 0 Å². The largest absolute Gasteiger partial charge is 0.444 e. The Balaban J connectivity index is 2.60. The predicted octanol–water partition coefficient (Wildman–Crippen LogP) is 2.24. The zero-order valence-electron chi connectivity index (χ0n) is 11.7. The van der Waals surface area contributed by atoms with Gasteiger partial charge in [-0.2, -0.15) is 0 Å². The van der Waals surface area contributed by atoms with Crippen molar-refractivity contribution < 1.29 is 9.53 Å². The molecule has 1 aliphatic rings. The van der Waals surface area contributed by atoms with Crippen molar-refractivity contribution in [2.45, 2.75) is 52.2 Å². The predicted molar refractivity (Wildman–Crippen MR) is 69.1 cm³/mol. The van der Waals surface area contributed by atoms with E-state index in [4.69, 9.17) is 4.74 Å². The first-order valence-corrected chi connectivity index (χ1v) is 6.47. The first kappa shape index (κ1) is 14.3. The van der Waals surface area contributed by atoms with Crippen LogP contribution in [0.15, 0.2) is 0 Å². The lowest BCUT2D eigenvalue weighted by atomic mass is 10.0. The average Bonchev–Trinajstić information content (AvgIpc) is 2.37. The summed E-state index contributed by atoms with van der Waals surface area (Å²) < 4.78 is 5.42. The molecule has 1 aliphatic heterocycles. The molecule has 0 bridgehead atoms. The number of carbonyl (C=O) groups excluding carboxylic acids is 1. The average molecular weight is 242 g/mol. The number of nitrogens with zero attached hydrogens (tertiary/aromatic N) is 1. The number of amides is 1. The van der Waals surface area contributed by atoms with E-state index < -0.39 is 5.60 Å². The van der Waals surface area contributed by atoms with E-state index in [1.807, 2.05) is 32.7 Å². The smallest absolute Gasteiger partial charge is 0.410 e. The summed E-state index contributed by atoms with van der Waals surface area (Å²) in [7, 11) is 1.95. The third-order valence-corrected chi connectivity index (χ3v) is 3.08. The van der Waals surface area contributed by atoms with Gasteiger partial charge in [0.25, 0.3) is 0 Å². The molecule has 17 heavy (non-hydrogen) atoms. The number of rotatable bonds is 1. The first-order chi connectivity index (χ1) is 7.81. The Morgan fingerprint density at radius 1 is 1.41 bits per heavy atom. The van der Waals surface area contributed by atoms with Gasteiger partial charge in [0.1, 0.15) is 5.60 Å². The number of ether oxygens (including phenoxy) is 1. The second-order valence-electron chi connectivity index (χ2n) is 6.04. The van der Waals surface area contributed by atoms with Gasteiger partial charge in [0, 0.05) is 19.1 Å². The van der Waals surface area contributed by atoms with Crippen molar-refractivity contribution >= 4 is 6.09 Å². The quantitative estimate of drug-likeness (QED) is 0.766. The van der Waals surface area contributed by atoms with Crippen LogP contribution in [0, 0.1) is 5.92 Å². The van der Waals surface area contributed by atoms with E-state index in [-0.39, 0.29) is 6.09 Å². The number of hydrogen-bond acceptors (Lipinski definition) is 3. The van der Waals surface area contributed by atoms with Crippen LogP contribution in [0.1, 0.15) is 40.5 Å². The van der Waals surface area contributed by atoms with Gasteiger partial charge in [0.15, 0.2) is 0 Å². The monoisotopic (exact) mass is 242 g/mol. The lowest BCUT2D eigenvalue weighted by molar-refractivity contribution is 0.0244. The fourth-order valence-electron chi connectivity index (χ4n) is 2.11. The molecule has 100 valence electrons. The lowest BCUT2D eigenvalue weighted by Crippen LogP contribution is -2.43. The third kappa shape index (κ3) is 4.94. The summed E-state index contributed by atoms with van der Waals surface area (Å²) in [6.45, 7) is 9.50. The molecular formula is C13H26N2O2. The van der Waals surface area contributed by atoms with E-state index in [0.717, 1.165) is 25.9 Å². The zero-order valence-corrected chi connectivity index (χ0v) is 11.7. The molecule has 4 nitrogen and oxygen atoms in total. The van der Waals surface area contributed by atoms with Crippen molar-refractivity contribution in [3.05, 3.63) is 0 Å². The van der Waals surface area contributed by atoms with E-state index in [1.54, 1.807) is 0 Å². The highest BCUT2D eigenvalue weighted by atomic mass is 16.6. The minimum Gasteiger partial charge on any atom is -0.444 e. The van der Waals surface area contributed by atoms with Gasteiger partial charge in [-0.15, -0.1) is 0 Å². The molecule has 0 aromatic heterocycles. The van der Waals surface area contributed by atoms with Crippen molar-refractivity contribution in [2.24, 2.45) is 5.92 Å². The SMILES string of the molecule is CNC1CC(C)CCN(C(=O)OC(C)(C)C)C1. The molecule has 0 aromatic rings. The van der Waals surface area contributed by atoms with E-state index in [0.29, 0.717) is 12.0 Å². The Bertz CT molecular complexity index is 261. The minimum absolute atomic E-state index is 0.188. The summed E-state index contributed by atoms with van der Waals surface area (Å²) in [5, 5.41) is 3.27. The Morgan fingerprint density at radius 3 is 2.59 bits per heavy atom. The summed E-state index contributed by atoms with van der Waals surface area (Å²) in [5.74, 6) is 0.653. The molecule has 4 heteroatoms. The zero-order chi connectivity index (χ0) is 13.1. The van der Waals surface area contributed by atoms with Gasteiger partial charge < -0.3 is 15.0 Å². The second-order valence-corrected chi connectivity index (χ2v) is 6.04. The molecule has 0 radical (unpaired) electrons. The van der Waals surface area contributed by atoms with Crippen LogP contribution in [0.5, 0.6) is 0 Å². The van der Waals surface area contributed by atoms with Crippen LogP contribution in [-0.4, -0.2) is 42.8 Å². The van der Waals surface area contributed by atoms with Crippen LogP contribution >= 0.6 is 0 Å². The molecule has 0 aliphatic carbocycles. The topological polar surface area (TPSA) is 41.6 Å². The minimum atomic E-state index is -0.413. The number of likely N-dealkylation sites (N-methyl/N-ethyl adjacent to an activating group) is 1. The van der Waals surface area contributed by atoms with Crippen molar-refractivity contribution in [3.63, 3.8) is 0 Å². The molecule has 0 aromatic carbocycles. The summed E-state index contributed by atoms with van der Waals surface area (Å²) in [4.78, 5) is 13.8. The van der Waals surface area contributed by atoms with E-state index >= 15 is 0 Å². The molecule has 0 spiro atoms. The fraction of sp³-hybridized carbons (Fsp3) is 0.923. The Labute approximate surface area is 105 Å². The molecule has 1 N–H and O–H groups in total. The fourth-order valence-corrected chi connectivity index (χ4v) is 2.11. The summed E-state index contributed by atoms with van der Waals surface area (Å²) in [6.07, 6.45) is 1.99. The number of hydrogen-bond donors (Lipinski definition) is 1. The Morgan fingerprint density at radius 2 is 2.06 bits per heavy atom. The standard InChI is InChI=1S/C13H26N2O2/c1-10-6-7-15(9-11(8-10)14-5)12(16)17-13(2,3)4/h10-11,14H,6-9H2,1-5H3. The van der Waals surface area contributed by atoms with Crippen molar-refractivity contribution in [1.29, 1.82) is 0 Å². The first-order valence-electron chi connectivity index (χ1n) is 6.47. The second kappa shape index (κ2) is 5.71. The van der Waals surface area contributed by atoms with Gasteiger partial charge in [-0.05, 0) is 46.6 Å². The highest BCUT2D eigenvalue weighted by molar-refractivity contribution is 5.68. The van der Waals surface area contributed by atoms with E-state index in [9.17, 15) is 4.79 Å². The molecule has 2 unspecified atom stereocenters. The number of carbonyl (C=O) groups is 1. The molecule has 1 fully saturated rings. The molecule has 1 heterocycles.